The van der Waals surface area contributed by atoms with Gasteiger partial charge in [0, 0.05) is 0 Å². The van der Waals surface area contributed by atoms with Gasteiger partial charge in [0.05, 0.1) is 11.3 Å². The maximum absolute atomic E-state index is 13.1. The van der Waals surface area contributed by atoms with E-state index in [-0.39, 0.29) is 16.4 Å². The van der Waals surface area contributed by atoms with Crippen LogP contribution < -0.4 is 11.1 Å². The number of nitrogens with one attached hydrogen (secondary N) is 1. The van der Waals surface area contributed by atoms with Gasteiger partial charge in [-0.25, -0.2) is 9.18 Å². The van der Waals surface area contributed by atoms with E-state index in [2.05, 4.69) is 17.5 Å². The van der Waals surface area contributed by atoms with E-state index < -0.39 is 11.8 Å². The van der Waals surface area contributed by atoms with Crippen LogP contribution in [0.15, 0.2) is 18.2 Å². The Hall–Kier alpha value is -1.69. The maximum Gasteiger partial charge on any atom is 0.335 e. The van der Waals surface area contributed by atoms with Gasteiger partial charge in [-0.1, -0.05) is 0 Å². The molecule has 6 heteroatoms. The zero-order valence-electron chi connectivity index (χ0n) is 6.95. The van der Waals surface area contributed by atoms with Crippen molar-refractivity contribution in [2.24, 2.45) is 5.73 Å². The van der Waals surface area contributed by atoms with Gasteiger partial charge >= 0.3 is 5.97 Å². The molecular formula is C8H7FN2O2S. The molecule has 0 saturated heterocycles. The Labute approximate surface area is 84.5 Å². The molecule has 1 aromatic rings. The van der Waals surface area contributed by atoms with Gasteiger partial charge in [0.2, 0.25) is 0 Å². The number of anilines is 1. The van der Waals surface area contributed by atoms with Crippen molar-refractivity contribution >= 4 is 29.0 Å². The highest BCUT2D eigenvalue weighted by atomic mass is 32.1. The Balaban J connectivity index is 3.01. The Bertz CT molecular complexity index is 395. The maximum atomic E-state index is 13.1. The van der Waals surface area contributed by atoms with Gasteiger partial charge in [-0.15, -0.1) is 0 Å². The van der Waals surface area contributed by atoms with Crippen molar-refractivity contribution in [3.05, 3.63) is 29.6 Å². The second-order valence-electron chi connectivity index (χ2n) is 2.49. The predicted octanol–water partition coefficient (Wildman–Crippen LogP) is 1.18. The first-order valence-corrected chi connectivity index (χ1v) is 4.01. The van der Waals surface area contributed by atoms with Crippen molar-refractivity contribution in [1.29, 1.82) is 0 Å². The molecule has 0 radical (unpaired) electrons. The molecule has 1 aromatic carbocycles. The fourth-order valence-electron chi connectivity index (χ4n) is 0.882. The summed E-state index contributed by atoms with van der Waals surface area (Å²) in [5.41, 5.74) is 5.06. The largest absolute Gasteiger partial charge is 0.478 e. The zero-order chi connectivity index (χ0) is 10.7. The van der Waals surface area contributed by atoms with Crippen LogP contribution in [0.4, 0.5) is 10.1 Å². The first-order chi connectivity index (χ1) is 6.50. The molecule has 0 heterocycles. The normalized spacial score (nSPS) is 9.50. The Morgan fingerprint density at radius 1 is 1.57 bits per heavy atom. The van der Waals surface area contributed by atoms with Crippen molar-refractivity contribution in [1.82, 2.24) is 0 Å². The van der Waals surface area contributed by atoms with Gasteiger partial charge < -0.3 is 16.2 Å². The molecular weight excluding hydrogens is 207 g/mol. The van der Waals surface area contributed by atoms with Crippen molar-refractivity contribution < 1.29 is 14.3 Å². The molecule has 1 rings (SSSR count). The van der Waals surface area contributed by atoms with E-state index in [1.54, 1.807) is 0 Å². The topological polar surface area (TPSA) is 75.3 Å². The first kappa shape index (κ1) is 10.4. The van der Waals surface area contributed by atoms with Crippen LogP contribution in [0.5, 0.6) is 0 Å². The lowest BCUT2D eigenvalue weighted by atomic mass is 10.2. The molecule has 14 heavy (non-hydrogen) atoms. The summed E-state index contributed by atoms with van der Waals surface area (Å²) in [6.07, 6.45) is 0. The Morgan fingerprint density at radius 2 is 2.21 bits per heavy atom. The third-order valence-corrected chi connectivity index (χ3v) is 1.58. The molecule has 0 aromatic heterocycles. The third-order valence-electron chi connectivity index (χ3n) is 1.47. The van der Waals surface area contributed by atoms with Gasteiger partial charge in [0.1, 0.15) is 5.82 Å². The Kier molecular flexibility index (Phi) is 2.98. The summed E-state index contributed by atoms with van der Waals surface area (Å²) < 4.78 is 13.1. The minimum atomic E-state index is -1.19. The van der Waals surface area contributed by atoms with E-state index in [1.165, 1.54) is 12.1 Å². The highest BCUT2D eigenvalue weighted by molar-refractivity contribution is 7.80. The summed E-state index contributed by atoms with van der Waals surface area (Å²) in [6, 6.07) is 3.41. The van der Waals surface area contributed by atoms with Crippen LogP contribution in [0.3, 0.4) is 0 Å². The molecule has 0 fully saturated rings. The summed E-state index contributed by atoms with van der Waals surface area (Å²) in [7, 11) is 0. The number of carboxylic acids is 1. The molecule has 0 bridgehead atoms. The van der Waals surface area contributed by atoms with Crippen LogP contribution in [-0.4, -0.2) is 16.2 Å². The average molecular weight is 214 g/mol. The molecule has 0 aliphatic carbocycles. The Morgan fingerprint density at radius 3 is 2.64 bits per heavy atom. The second kappa shape index (κ2) is 4.01. The zero-order valence-corrected chi connectivity index (χ0v) is 7.77. The van der Waals surface area contributed by atoms with Crippen LogP contribution in [0.25, 0.3) is 0 Å². The minimum Gasteiger partial charge on any atom is -0.478 e. The summed E-state index contributed by atoms with van der Waals surface area (Å²) in [5.74, 6) is -1.90. The highest BCUT2D eigenvalue weighted by Crippen LogP contribution is 2.15. The average Bonchev–Trinajstić information content (AvgIpc) is 2.07. The smallest absolute Gasteiger partial charge is 0.335 e. The van der Waals surface area contributed by atoms with Crippen LogP contribution in [0, 0.1) is 5.82 Å². The first-order valence-electron chi connectivity index (χ1n) is 3.60. The van der Waals surface area contributed by atoms with Gasteiger partial charge in [-0.05, 0) is 30.4 Å². The van der Waals surface area contributed by atoms with Gasteiger partial charge in [-0.3, -0.25) is 0 Å². The summed E-state index contributed by atoms with van der Waals surface area (Å²) >= 11 is 4.51. The number of thiocarbonyl (C=S) groups is 1. The lowest BCUT2D eigenvalue weighted by Gasteiger charge is -2.05. The minimum absolute atomic E-state index is 0.0579. The lowest BCUT2D eigenvalue weighted by Crippen LogP contribution is -2.19. The molecule has 0 amide bonds. The summed E-state index contributed by atoms with van der Waals surface area (Å²) in [6.45, 7) is 0. The SMILES string of the molecule is NC(=S)Nc1ccc(C(=O)O)cc1F. The number of hydrogen-bond donors (Lipinski definition) is 3. The number of rotatable bonds is 2. The number of halogens is 1. The van der Waals surface area contributed by atoms with Crippen LogP contribution in [-0.2, 0) is 0 Å². The lowest BCUT2D eigenvalue weighted by molar-refractivity contribution is 0.0696. The van der Waals surface area contributed by atoms with E-state index in [4.69, 9.17) is 10.8 Å². The summed E-state index contributed by atoms with van der Waals surface area (Å²) in [4.78, 5) is 10.4. The number of aromatic carboxylic acids is 1. The molecule has 0 unspecified atom stereocenters. The molecule has 0 aliphatic heterocycles. The monoisotopic (exact) mass is 214 g/mol. The third kappa shape index (κ3) is 2.40. The molecule has 74 valence electrons. The standard InChI is InChI=1S/C8H7FN2O2S/c9-5-3-4(7(12)13)1-2-6(5)11-8(10)14/h1-3H,(H,12,13)(H3,10,11,14). The van der Waals surface area contributed by atoms with Crippen molar-refractivity contribution in [2.45, 2.75) is 0 Å². The number of benzene rings is 1. The highest BCUT2D eigenvalue weighted by Gasteiger charge is 2.07. The van der Waals surface area contributed by atoms with Crippen LogP contribution >= 0.6 is 12.2 Å². The quantitative estimate of drug-likeness (QED) is 0.644. The molecule has 0 spiro atoms. The number of nitrogens with two attached hydrogens (primary N) is 1. The summed E-state index contributed by atoms with van der Waals surface area (Å²) in [5, 5.41) is 10.8. The van der Waals surface area contributed by atoms with E-state index >= 15 is 0 Å². The van der Waals surface area contributed by atoms with Crippen LogP contribution in [0.2, 0.25) is 0 Å². The van der Waals surface area contributed by atoms with Crippen molar-refractivity contribution in [2.75, 3.05) is 5.32 Å². The van der Waals surface area contributed by atoms with E-state index in [0.717, 1.165) is 6.07 Å². The van der Waals surface area contributed by atoms with E-state index in [0.29, 0.717) is 0 Å². The number of hydrogen-bond acceptors (Lipinski definition) is 2. The fourth-order valence-corrected chi connectivity index (χ4v) is 0.992. The molecule has 0 aliphatic rings. The molecule has 4 nitrogen and oxygen atoms in total. The van der Waals surface area contributed by atoms with Gasteiger partial charge in [-0.2, -0.15) is 0 Å². The molecule has 0 saturated carbocycles. The molecule has 0 atom stereocenters. The molecule has 4 N–H and O–H groups in total. The van der Waals surface area contributed by atoms with Crippen LogP contribution in [0.1, 0.15) is 10.4 Å². The van der Waals surface area contributed by atoms with Crippen molar-refractivity contribution in [3.63, 3.8) is 0 Å². The van der Waals surface area contributed by atoms with E-state index in [1.807, 2.05) is 0 Å². The number of carbonyl (C=O) groups is 1. The second-order valence-corrected chi connectivity index (χ2v) is 2.93. The van der Waals surface area contributed by atoms with E-state index in [9.17, 15) is 9.18 Å². The number of carboxylic acid groups (broad SMARTS) is 1. The fraction of sp³-hybridized carbons (Fsp3) is 0. The van der Waals surface area contributed by atoms with Gasteiger partial charge in [0.25, 0.3) is 0 Å². The van der Waals surface area contributed by atoms with Gasteiger partial charge in [0.15, 0.2) is 5.11 Å². The predicted molar refractivity (Wildman–Crippen MR) is 53.8 cm³/mol. The van der Waals surface area contributed by atoms with Crippen molar-refractivity contribution in [3.8, 4) is 0 Å².